The van der Waals surface area contributed by atoms with E-state index in [1.807, 2.05) is 12.1 Å². The van der Waals surface area contributed by atoms with Gasteiger partial charge in [0.2, 0.25) is 5.91 Å². The van der Waals surface area contributed by atoms with Crippen LogP contribution >= 0.6 is 11.6 Å². The quantitative estimate of drug-likeness (QED) is 0.830. The first kappa shape index (κ1) is 12.2. The third-order valence-electron chi connectivity index (χ3n) is 2.99. The van der Waals surface area contributed by atoms with E-state index in [0.717, 1.165) is 11.3 Å². The molecule has 2 rings (SSSR count). The van der Waals surface area contributed by atoms with Crippen LogP contribution < -0.4 is 10.5 Å². The van der Waals surface area contributed by atoms with Gasteiger partial charge in [-0.2, -0.15) is 0 Å². The van der Waals surface area contributed by atoms with E-state index in [2.05, 4.69) is 0 Å². The Hall–Kier alpha value is -1.26. The molecule has 1 fully saturated rings. The van der Waals surface area contributed by atoms with E-state index in [1.165, 1.54) is 0 Å². The summed E-state index contributed by atoms with van der Waals surface area (Å²) in [6.45, 7) is 1.03. The zero-order chi connectivity index (χ0) is 12.4. The van der Waals surface area contributed by atoms with Crippen LogP contribution in [-0.4, -0.2) is 31.0 Å². The summed E-state index contributed by atoms with van der Waals surface area (Å²) in [7, 11) is 1.61. The molecular weight excluding hydrogens is 240 g/mol. The minimum absolute atomic E-state index is 0.0414. The molecule has 17 heavy (non-hydrogen) atoms. The van der Waals surface area contributed by atoms with Crippen molar-refractivity contribution in [2.45, 2.75) is 12.5 Å². The number of hydrogen-bond donors (Lipinski definition) is 1. The lowest BCUT2D eigenvalue weighted by molar-refractivity contribution is -0.146. The van der Waals surface area contributed by atoms with Crippen molar-refractivity contribution in [3.05, 3.63) is 28.8 Å². The number of nitrogens with two attached hydrogens (primary N) is 1. The normalized spacial score (nSPS) is 19.1. The Balaban J connectivity index is 2.27. The number of carbonyl (C=O) groups excluding carboxylic acids is 1. The molecule has 0 saturated carbocycles. The SMILES string of the molecule is COc1ccc(Cl)cc1C1CC(=O)N1CCN. The molecule has 1 aromatic rings. The standard InChI is InChI=1S/C12H15ClN2O2/c1-17-11-3-2-8(13)6-9(11)10-7-12(16)15(10)5-4-14/h2-3,6,10H,4-5,7,14H2,1H3. The summed E-state index contributed by atoms with van der Waals surface area (Å²) >= 11 is 5.98. The first-order valence-electron chi connectivity index (χ1n) is 5.50. The number of carbonyl (C=O) groups is 1. The average molecular weight is 255 g/mol. The molecule has 1 unspecified atom stereocenters. The fourth-order valence-electron chi connectivity index (χ4n) is 2.12. The molecule has 1 heterocycles. The van der Waals surface area contributed by atoms with Gasteiger partial charge < -0.3 is 15.4 Å². The molecule has 4 nitrogen and oxygen atoms in total. The van der Waals surface area contributed by atoms with Crippen LogP contribution in [0.4, 0.5) is 0 Å². The highest BCUT2D eigenvalue weighted by Gasteiger charge is 2.38. The van der Waals surface area contributed by atoms with Crippen molar-refractivity contribution in [1.29, 1.82) is 0 Å². The Bertz CT molecular complexity index is 437. The van der Waals surface area contributed by atoms with Gasteiger partial charge in [-0.1, -0.05) is 11.6 Å². The lowest BCUT2D eigenvalue weighted by atomic mass is 9.93. The van der Waals surface area contributed by atoms with Gasteiger partial charge in [-0.3, -0.25) is 4.79 Å². The summed E-state index contributed by atoms with van der Waals surface area (Å²) in [5, 5.41) is 0.646. The molecular formula is C12H15ClN2O2. The van der Waals surface area contributed by atoms with E-state index in [-0.39, 0.29) is 11.9 Å². The maximum Gasteiger partial charge on any atom is 0.225 e. The molecule has 0 aliphatic carbocycles. The van der Waals surface area contributed by atoms with E-state index in [9.17, 15) is 4.79 Å². The number of benzene rings is 1. The number of β-lactam (4-membered cyclic amide) rings is 1. The Morgan fingerprint density at radius 1 is 1.59 bits per heavy atom. The number of ether oxygens (including phenoxy) is 1. The molecule has 1 saturated heterocycles. The summed E-state index contributed by atoms with van der Waals surface area (Å²) < 4.78 is 5.29. The molecule has 0 radical (unpaired) electrons. The van der Waals surface area contributed by atoms with Gasteiger partial charge in [-0.15, -0.1) is 0 Å². The topological polar surface area (TPSA) is 55.6 Å². The number of halogens is 1. The van der Waals surface area contributed by atoms with Crippen LogP contribution in [0, 0.1) is 0 Å². The molecule has 1 aliphatic heterocycles. The highest BCUT2D eigenvalue weighted by atomic mass is 35.5. The van der Waals surface area contributed by atoms with Gasteiger partial charge >= 0.3 is 0 Å². The molecule has 1 atom stereocenters. The minimum Gasteiger partial charge on any atom is -0.496 e. The number of methoxy groups -OCH3 is 1. The number of likely N-dealkylation sites (tertiary alicyclic amines) is 1. The zero-order valence-electron chi connectivity index (χ0n) is 9.65. The van der Waals surface area contributed by atoms with Crippen molar-refractivity contribution < 1.29 is 9.53 Å². The molecule has 0 aromatic heterocycles. The second kappa shape index (κ2) is 4.94. The molecule has 1 aromatic carbocycles. The van der Waals surface area contributed by atoms with Crippen molar-refractivity contribution in [3.63, 3.8) is 0 Å². The summed E-state index contributed by atoms with van der Waals surface area (Å²) in [6, 6.07) is 5.49. The Labute approximate surface area is 105 Å². The molecule has 0 bridgehead atoms. The van der Waals surface area contributed by atoms with Crippen LogP contribution in [0.1, 0.15) is 18.0 Å². The second-order valence-electron chi connectivity index (χ2n) is 3.98. The van der Waals surface area contributed by atoms with Crippen LogP contribution in [0.25, 0.3) is 0 Å². The first-order chi connectivity index (χ1) is 8.17. The third-order valence-corrected chi connectivity index (χ3v) is 3.22. The minimum atomic E-state index is 0.0414. The predicted molar refractivity (Wildman–Crippen MR) is 66.1 cm³/mol. The van der Waals surface area contributed by atoms with Crippen molar-refractivity contribution in [2.75, 3.05) is 20.2 Å². The number of nitrogens with zero attached hydrogens (tertiary/aromatic N) is 1. The number of hydrogen-bond acceptors (Lipinski definition) is 3. The number of amides is 1. The van der Waals surface area contributed by atoms with Crippen molar-refractivity contribution in [2.24, 2.45) is 5.73 Å². The fourth-order valence-corrected chi connectivity index (χ4v) is 2.30. The van der Waals surface area contributed by atoms with Crippen LogP contribution in [0.5, 0.6) is 5.75 Å². The Kier molecular flexibility index (Phi) is 3.54. The monoisotopic (exact) mass is 254 g/mol. The highest BCUT2D eigenvalue weighted by Crippen LogP contribution is 2.39. The molecule has 92 valence electrons. The largest absolute Gasteiger partial charge is 0.496 e. The van der Waals surface area contributed by atoms with Gasteiger partial charge in [0, 0.05) is 23.7 Å². The van der Waals surface area contributed by atoms with Crippen LogP contribution in [0.3, 0.4) is 0 Å². The van der Waals surface area contributed by atoms with Gasteiger partial charge in [-0.25, -0.2) is 0 Å². The third kappa shape index (κ3) is 2.23. The van der Waals surface area contributed by atoms with E-state index in [4.69, 9.17) is 22.1 Å². The highest BCUT2D eigenvalue weighted by molar-refractivity contribution is 6.30. The summed E-state index contributed by atoms with van der Waals surface area (Å²) in [4.78, 5) is 13.2. The average Bonchev–Trinajstić information content (AvgIpc) is 2.33. The van der Waals surface area contributed by atoms with E-state index < -0.39 is 0 Å². The van der Waals surface area contributed by atoms with Gasteiger partial charge in [0.25, 0.3) is 0 Å². The smallest absolute Gasteiger partial charge is 0.225 e. The predicted octanol–water partition coefficient (Wildman–Crippen LogP) is 1.58. The van der Waals surface area contributed by atoms with Gasteiger partial charge in [-0.05, 0) is 18.2 Å². The van der Waals surface area contributed by atoms with Crippen LogP contribution in [-0.2, 0) is 4.79 Å². The van der Waals surface area contributed by atoms with E-state index in [0.29, 0.717) is 24.5 Å². The van der Waals surface area contributed by atoms with Gasteiger partial charge in [0.05, 0.1) is 19.6 Å². The molecule has 0 spiro atoms. The summed E-state index contributed by atoms with van der Waals surface area (Å²) in [5.41, 5.74) is 6.44. The summed E-state index contributed by atoms with van der Waals surface area (Å²) in [6.07, 6.45) is 0.497. The Morgan fingerprint density at radius 2 is 2.35 bits per heavy atom. The maximum absolute atomic E-state index is 11.5. The lowest BCUT2D eigenvalue weighted by Crippen LogP contribution is -2.48. The lowest BCUT2D eigenvalue weighted by Gasteiger charge is -2.41. The molecule has 5 heteroatoms. The second-order valence-corrected chi connectivity index (χ2v) is 4.42. The van der Waals surface area contributed by atoms with E-state index in [1.54, 1.807) is 18.1 Å². The molecule has 2 N–H and O–H groups in total. The number of rotatable bonds is 4. The van der Waals surface area contributed by atoms with Gasteiger partial charge in [0.1, 0.15) is 5.75 Å². The molecule has 1 aliphatic rings. The summed E-state index contributed by atoms with van der Waals surface area (Å²) in [5.74, 6) is 0.886. The van der Waals surface area contributed by atoms with E-state index >= 15 is 0 Å². The fraction of sp³-hybridized carbons (Fsp3) is 0.417. The van der Waals surface area contributed by atoms with Crippen LogP contribution in [0.2, 0.25) is 5.02 Å². The first-order valence-corrected chi connectivity index (χ1v) is 5.88. The van der Waals surface area contributed by atoms with Crippen LogP contribution in [0.15, 0.2) is 18.2 Å². The molecule has 1 amide bonds. The van der Waals surface area contributed by atoms with Gasteiger partial charge in [0.15, 0.2) is 0 Å². The van der Waals surface area contributed by atoms with Crippen molar-refractivity contribution in [1.82, 2.24) is 4.90 Å². The zero-order valence-corrected chi connectivity index (χ0v) is 10.4. The maximum atomic E-state index is 11.5. The Morgan fingerprint density at radius 3 is 2.94 bits per heavy atom. The van der Waals surface area contributed by atoms with Crippen molar-refractivity contribution in [3.8, 4) is 5.75 Å². The van der Waals surface area contributed by atoms with Crippen molar-refractivity contribution >= 4 is 17.5 Å².